The van der Waals surface area contributed by atoms with Crippen molar-refractivity contribution in [3.8, 4) is 23.0 Å². The summed E-state index contributed by atoms with van der Waals surface area (Å²) < 4.78 is 26.0. The van der Waals surface area contributed by atoms with E-state index in [9.17, 15) is 39.0 Å². The van der Waals surface area contributed by atoms with Gasteiger partial charge in [0.2, 0.25) is 0 Å². The van der Waals surface area contributed by atoms with Crippen LogP contribution in [0.2, 0.25) is 0 Å². The van der Waals surface area contributed by atoms with E-state index < -0.39 is 47.5 Å². The third kappa shape index (κ3) is 9.30. The molecule has 1 aliphatic carbocycles. The van der Waals surface area contributed by atoms with Crippen molar-refractivity contribution in [3.63, 3.8) is 0 Å². The fraction of sp³-hybridized carbons (Fsp3) is 0.378. The van der Waals surface area contributed by atoms with Gasteiger partial charge in [-0.05, 0) is 69.0 Å². The maximum Gasteiger partial charge on any atom is 0.345 e. The zero-order valence-corrected chi connectivity index (χ0v) is 34.5. The highest BCUT2D eigenvalue weighted by Gasteiger charge is 2.37. The first-order chi connectivity index (χ1) is 28.5. The Kier molecular flexibility index (Phi) is 14.0. The molecule has 3 aromatic carbocycles. The van der Waals surface area contributed by atoms with Crippen molar-refractivity contribution in [3.05, 3.63) is 88.6 Å². The molecule has 1 aromatic heterocycles. The molecule has 0 fully saturated rings. The van der Waals surface area contributed by atoms with Gasteiger partial charge in [0.25, 0.3) is 23.4 Å². The Morgan fingerprint density at radius 1 is 0.683 bits per heavy atom. The number of carboxylic acids is 2. The van der Waals surface area contributed by atoms with Gasteiger partial charge in [-0.15, -0.1) is 0 Å². The third-order valence-electron chi connectivity index (χ3n) is 10.5. The Hall–Kier alpha value is -6.64. The topological polar surface area (TPSA) is 237 Å². The number of hydrogen-bond acceptors (Lipinski definition) is 10. The number of fused-ring (bicyclic) bond motifs is 2. The second-order valence-electron chi connectivity index (χ2n) is 15.4. The van der Waals surface area contributed by atoms with Crippen molar-refractivity contribution < 1.29 is 57.9 Å². The van der Waals surface area contributed by atoms with Gasteiger partial charge in [0, 0.05) is 41.1 Å². The van der Waals surface area contributed by atoms with E-state index in [2.05, 4.69) is 0 Å². The molecule has 6 N–H and O–H groups in total. The summed E-state index contributed by atoms with van der Waals surface area (Å²) in [7, 11) is 0. The molecule has 3 atom stereocenters. The van der Waals surface area contributed by atoms with Crippen LogP contribution in [0.5, 0.6) is 23.0 Å². The van der Waals surface area contributed by atoms with Gasteiger partial charge >= 0.3 is 11.9 Å². The lowest BCUT2D eigenvalue weighted by molar-refractivity contribution is -0.148. The van der Waals surface area contributed by atoms with E-state index in [0.29, 0.717) is 65.0 Å². The number of ether oxygens (including phenoxy) is 4. The van der Waals surface area contributed by atoms with E-state index in [1.54, 1.807) is 84.0 Å². The molecular formula is C45H51N3O12. The zero-order chi connectivity index (χ0) is 44.0. The van der Waals surface area contributed by atoms with Crippen LogP contribution in [0.25, 0.3) is 16.5 Å². The van der Waals surface area contributed by atoms with E-state index >= 15 is 0 Å². The maximum atomic E-state index is 13.1. The van der Waals surface area contributed by atoms with E-state index in [4.69, 9.17) is 30.4 Å². The van der Waals surface area contributed by atoms with Crippen LogP contribution in [0.15, 0.2) is 66.2 Å². The number of hydrogen-bond donors (Lipinski definition) is 4. The molecule has 15 nitrogen and oxygen atoms in total. The first kappa shape index (κ1) is 44.5. The molecule has 0 saturated carbocycles. The molecule has 60 heavy (non-hydrogen) atoms. The monoisotopic (exact) mass is 825 g/mol. The first-order valence-electron chi connectivity index (χ1n) is 19.7. The van der Waals surface area contributed by atoms with Crippen LogP contribution in [0.4, 0.5) is 0 Å². The summed E-state index contributed by atoms with van der Waals surface area (Å²) in [5, 5.41) is 19.8. The molecule has 318 valence electrons. The molecule has 15 heteroatoms. The van der Waals surface area contributed by atoms with Gasteiger partial charge in [0.1, 0.15) is 11.5 Å². The number of para-hydroxylation sites is 2. The molecule has 2 amide bonds. The molecule has 3 unspecified atom stereocenters. The number of nitrogens with two attached hydrogens (primary N) is 2. The Morgan fingerprint density at radius 2 is 1.20 bits per heavy atom. The van der Waals surface area contributed by atoms with Crippen LogP contribution < -0.4 is 30.4 Å². The Labute approximate surface area is 347 Å². The van der Waals surface area contributed by atoms with Crippen LogP contribution in [-0.4, -0.2) is 75.5 Å². The predicted octanol–water partition coefficient (Wildman–Crippen LogP) is 5.85. The number of carbonyl (C=O) groups is 6. The number of ketones is 2. The fourth-order valence-electron chi connectivity index (χ4n) is 7.66. The van der Waals surface area contributed by atoms with Gasteiger partial charge < -0.3 is 45.2 Å². The number of rotatable bonds is 22. The lowest BCUT2D eigenvalue weighted by atomic mass is 9.92. The minimum absolute atomic E-state index is 0.0508. The van der Waals surface area contributed by atoms with Gasteiger partial charge in [-0.3, -0.25) is 19.2 Å². The van der Waals surface area contributed by atoms with Crippen LogP contribution >= 0.6 is 0 Å². The highest BCUT2D eigenvalue weighted by atomic mass is 16.5. The number of primary amides is 2. The molecule has 0 bridgehead atoms. The van der Waals surface area contributed by atoms with E-state index in [1.807, 2.05) is 22.8 Å². The second-order valence-corrected chi connectivity index (χ2v) is 15.4. The maximum absolute atomic E-state index is 13.1. The molecule has 5 rings (SSSR count). The Bertz CT molecular complexity index is 2360. The Balaban J connectivity index is 1.28. The largest absolute Gasteiger partial charge is 0.490 e. The summed E-state index contributed by atoms with van der Waals surface area (Å²) in [4.78, 5) is 74.4. The van der Waals surface area contributed by atoms with Crippen molar-refractivity contribution in [2.24, 2.45) is 23.3 Å². The van der Waals surface area contributed by atoms with Gasteiger partial charge in [-0.2, -0.15) is 0 Å². The first-order valence-corrected chi connectivity index (χ1v) is 19.7. The zero-order valence-electron chi connectivity index (χ0n) is 34.5. The highest BCUT2D eigenvalue weighted by Crippen LogP contribution is 2.48. The summed E-state index contributed by atoms with van der Waals surface area (Å²) >= 11 is 0. The molecule has 1 heterocycles. The van der Waals surface area contributed by atoms with Gasteiger partial charge in [0.15, 0.2) is 23.7 Å². The number of carboxylic acid groups (broad SMARTS) is 2. The number of aryl methyl sites for hydroxylation is 1. The molecule has 0 aliphatic heterocycles. The summed E-state index contributed by atoms with van der Waals surface area (Å²) in [6.07, 6.45) is -0.854. The average molecular weight is 826 g/mol. The molecule has 1 aliphatic rings. The van der Waals surface area contributed by atoms with Crippen molar-refractivity contribution in [2.45, 2.75) is 85.5 Å². The standard InChI is InChI=1S/C45H51N3O12/c1-23(2)40(44(53)54)59-32-18-9-13-28-27(25(5)34(36(28)32)38(49)42(46)51)14-11-21-57-30-16-7-8-17-31(30)58-22-12-20-48-26(6)35(39(50)43(47)52)37-29(48)15-10-19-33(37)60-41(24(3)4)45(55)56/h7-10,13,15-19,23-24,27,40-41H,11-12,14,20-22H2,1-6H3,(H2,46,51)(H2,47,52)(H,53,54)(H,55,56). The summed E-state index contributed by atoms with van der Waals surface area (Å²) in [5.41, 5.74) is 13.8. The third-order valence-corrected chi connectivity index (χ3v) is 10.5. The number of benzene rings is 3. The number of allylic oxidation sites excluding steroid dienone is 1. The summed E-state index contributed by atoms with van der Waals surface area (Å²) in [6.45, 7) is 11.2. The quantitative estimate of drug-likeness (QED) is 0.0415. The molecule has 0 radical (unpaired) electrons. The normalized spacial score (nSPS) is 14.5. The van der Waals surface area contributed by atoms with Gasteiger partial charge in [-0.1, -0.05) is 63.6 Å². The van der Waals surface area contributed by atoms with Crippen LogP contribution in [0, 0.1) is 18.8 Å². The van der Waals surface area contributed by atoms with Crippen molar-refractivity contribution in [2.75, 3.05) is 13.2 Å². The molecular weight excluding hydrogens is 775 g/mol. The number of Topliss-reactive ketones (excluding diaryl/α,β-unsaturated/α-hetero) is 2. The minimum Gasteiger partial charge on any atom is -0.490 e. The molecule has 0 saturated heterocycles. The average Bonchev–Trinajstić information content (AvgIpc) is 3.64. The van der Waals surface area contributed by atoms with Crippen LogP contribution in [0.3, 0.4) is 0 Å². The number of nitrogens with zero attached hydrogens (tertiary/aromatic N) is 1. The lowest BCUT2D eigenvalue weighted by Gasteiger charge is -2.21. The fourth-order valence-corrected chi connectivity index (χ4v) is 7.66. The van der Waals surface area contributed by atoms with Gasteiger partial charge in [-0.25, -0.2) is 9.59 Å². The second kappa shape index (κ2) is 19.0. The Morgan fingerprint density at radius 3 is 1.75 bits per heavy atom. The number of aliphatic carboxylic acids is 2. The minimum atomic E-state index is -1.20. The summed E-state index contributed by atoms with van der Waals surface area (Å²) in [5.74, 6) is -6.09. The van der Waals surface area contributed by atoms with Gasteiger partial charge in [0.05, 0.1) is 29.7 Å². The molecule has 4 aromatic rings. The smallest absolute Gasteiger partial charge is 0.345 e. The number of carbonyl (C=O) groups excluding carboxylic acids is 4. The van der Waals surface area contributed by atoms with E-state index in [1.165, 1.54) is 0 Å². The lowest BCUT2D eigenvalue weighted by Crippen LogP contribution is -2.32. The molecule has 0 spiro atoms. The predicted molar refractivity (Wildman–Crippen MR) is 221 cm³/mol. The van der Waals surface area contributed by atoms with Crippen LogP contribution in [-0.2, 0) is 30.5 Å². The van der Waals surface area contributed by atoms with E-state index in [-0.39, 0.29) is 53.6 Å². The number of aromatic nitrogens is 1. The highest BCUT2D eigenvalue weighted by molar-refractivity contribution is 6.54. The SMILES string of the molecule is CC1=C(C(=O)C(N)=O)c2c(OC(C(=O)O)C(C)C)cccc2C1CCCOc1ccccc1OCCCn1c(C)c(C(=O)C(N)=O)c2c(OC(C(=O)O)C(C)C)cccc21. The van der Waals surface area contributed by atoms with E-state index in [0.717, 1.165) is 5.56 Å². The number of amides is 2. The van der Waals surface area contributed by atoms with Crippen molar-refractivity contribution in [1.82, 2.24) is 4.57 Å². The van der Waals surface area contributed by atoms with Crippen molar-refractivity contribution >= 4 is 51.8 Å². The van der Waals surface area contributed by atoms with Crippen LogP contribution in [0.1, 0.15) is 87.0 Å². The van der Waals surface area contributed by atoms with Crippen molar-refractivity contribution in [1.29, 1.82) is 0 Å². The summed E-state index contributed by atoms with van der Waals surface area (Å²) in [6, 6.07) is 17.3.